The molecular weight excluding hydrogens is 385 g/mol. The molecule has 3 N–H and O–H groups in total. The van der Waals surface area contributed by atoms with Gasteiger partial charge in [-0.25, -0.2) is 0 Å². The zero-order valence-corrected chi connectivity index (χ0v) is 14.1. The summed E-state index contributed by atoms with van der Waals surface area (Å²) in [4.78, 5) is 22.6. The van der Waals surface area contributed by atoms with Crippen molar-refractivity contribution in [3.8, 4) is 5.75 Å². The number of carbonyl (C=O) groups excluding carboxylic acids is 2. The highest BCUT2D eigenvalue weighted by molar-refractivity contribution is 6.55. The zero-order chi connectivity index (χ0) is 16.2. The van der Waals surface area contributed by atoms with Crippen molar-refractivity contribution in [2.24, 2.45) is 5.73 Å². The Morgan fingerprint density at radius 3 is 1.90 bits per heavy atom. The lowest BCUT2D eigenvalue weighted by Crippen LogP contribution is -2.32. The van der Waals surface area contributed by atoms with Crippen molar-refractivity contribution < 1.29 is 14.3 Å². The normalized spacial score (nSPS) is 10.4. The lowest BCUT2D eigenvalue weighted by Gasteiger charge is -2.12. The second kappa shape index (κ2) is 8.27. The number of hydrogen-bond donors (Lipinski definition) is 2. The molecule has 1 aromatic rings. The highest BCUT2D eigenvalue weighted by Gasteiger charge is 2.22. The average molecular weight is 394 g/mol. The molecule has 0 fully saturated rings. The zero-order valence-electron chi connectivity index (χ0n) is 10.3. The third-order valence-electron chi connectivity index (χ3n) is 2.22. The fourth-order valence-corrected chi connectivity index (χ4v) is 2.41. The van der Waals surface area contributed by atoms with Gasteiger partial charge in [0.05, 0.1) is 28.0 Å². The van der Waals surface area contributed by atoms with Crippen molar-refractivity contribution in [1.29, 1.82) is 0 Å². The topological polar surface area (TPSA) is 81.4 Å². The SMILES string of the molecule is NCC(=O)NCCC(=O)Oc1c(Cl)c(Cl)c(Cl)c(Cl)c1Cl. The predicted octanol–water partition coefficient (Wildman–Crippen LogP) is 3.32. The van der Waals surface area contributed by atoms with Gasteiger partial charge in [-0.3, -0.25) is 9.59 Å². The van der Waals surface area contributed by atoms with Gasteiger partial charge in [-0.15, -0.1) is 0 Å². The van der Waals surface area contributed by atoms with E-state index in [1.165, 1.54) is 0 Å². The van der Waals surface area contributed by atoms with Crippen LogP contribution in [0.5, 0.6) is 5.75 Å². The van der Waals surface area contributed by atoms with Crippen LogP contribution in [0.25, 0.3) is 0 Å². The number of rotatable bonds is 5. The standard InChI is InChI=1S/C11H9Cl5N2O3/c12-6-7(13)9(15)11(10(16)8(6)14)21-5(20)1-2-18-4(19)3-17/h1-3,17H2,(H,18,19). The van der Waals surface area contributed by atoms with E-state index in [1.807, 2.05) is 0 Å². The molecule has 1 aromatic carbocycles. The lowest BCUT2D eigenvalue weighted by molar-refractivity contribution is -0.134. The maximum atomic E-state index is 11.7. The van der Waals surface area contributed by atoms with E-state index in [1.54, 1.807) is 0 Å². The third kappa shape index (κ3) is 4.77. The first kappa shape index (κ1) is 18.6. The minimum Gasteiger partial charge on any atom is -0.423 e. The molecule has 116 valence electrons. The van der Waals surface area contributed by atoms with Gasteiger partial charge in [0, 0.05) is 6.54 Å². The average Bonchev–Trinajstić information content (AvgIpc) is 2.47. The smallest absolute Gasteiger partial charge is 0.313 e. The van der Waals surface area contributed by atoms with Crippen LogP contribution in [0, 0.1) is 0 Å². The molecule has 0 heterocycles. The number of esters is 1. The summed E-state index contributed by atoms with van der Waals surface area (Å²) in [7, 11) is 0. The number of carbonyl (C=O) groups is 2. The first-order chi connectivity index (χ1) is 9.79. The molecule has 0 saturated carbocycles. The Morgan fingerprint density at radius 2 is 1.43 bits per heavy atom. The maximum absolute atomic E-state index is 11.7. The summed E-state index contributed by atoms with van der Waals surface area (Å²) >= 11 is 29.3. The highest BCUT2D eigenvalue weighted by Crippen LogP contribution is 2.48. The Labute approximate surface area is 145 Å². The van der Waals surface area contributed by atoms with Gasteiger partial charge < -0.3 is 15.8 Å². The van der Waals surface area contributed by atoms with Gasteiger partial charge in [0.15, 0.2) is 5.75 Å². The van der Waals surface area contributed by atoms with Gasteiger partial charge in [0.2, 0.25) is 5.91 Å². The Bertz CT molecular complexity index is 550. The third-order valence-corrected chi connectivity index (χ3v) is 4.46. The first-order valence-electron chi connectivity index (χ1n) is 5.48. The van der Waals surface area contributed by atoms with Gasteiger partial charge in [-0.05, 0) is 0 Å². The Kier molecular flexibility index (Phi) is 7.33. The summed E-state index contributed by atoms with van der Waals surface area (Å²) in [5.74, 6) is -1.27. The number of benzene rings is 1. The van der Waals surface area contributed by atoms with Gasteiger partial charge in [-0.1, -0.05) is 58.0 Å². The molecule has 0 aliphatic rings. The summed E-state index contributed by atoms with van der Waals surface area (Å²) in [5, 5.41) is 1.96. The molecule has 5 nitrogen and oxygen atoms in total. The van der Waals surface area contributed by atoms with E-state index in [9.17, 15) is 9.59 Å². The molecule has 0 unspecified atom stereocenters. The van der Waals surface area contributed by atoms with Gasteiger partial charge in [-0.2, -0.15) is 0 Å². The monoisotopic (exact) mass is 392 g/mol. The van der Waals surface area contributed by atoms with Crippen molar-refractivity contribution in [2.75, 3.05) is 13.1 Å². The largest absolute Gasteiger partial charge is 0.423 e. The van der Waals surface area contributed by atoms with Crippen molar-refractivity contribution in [2.45, 2.75) is 6.42 Å². The van der Waals surface area contributed by atoms with Crippen LogP contribution in [0.2, 0.25) is 25.1 Å². The molecule has 0 aromatic heterocycles. The first-order valence-corrected chi connectivity index (χ1v) is 7.37. The van der Waals surface area contributed by atoms with E-state index in [-0.39, 0.29) is 50.4 Å². The van der Waals surface area contributed by atoms with Gasteiger partial charge in [0.25, 0.3) is 0 Å². The predicted molar refractivity (Wildman–Crippen MR) is 83.8 cm³/mol. The number of ether oxygens (including phenoxy) is 1. The maximum Gasteiger partial charge on any atom is 0.313 e. The molecule has 0 aliphatic heterocycles. The molecule has 0 aliphatic carbocycles. The number of nitrogens with two attached hydrogens (primary N) is 1. The molecular formula is C11H9Cl5N2O3. The number of nitrogens with one attached hydrogen (secondary N) is 1. The van der Waals surface area contributed by atoms with Crippen LogP contribution < -0.4 is 15.8 Å². The summed E-state index contributed by atoms with van der Waals surface area (Å²) in [6, 6.07) is 0. The molecule has 10 heteroatoms. The van der Waals surface area contributed by atoms with Crippen LogP contribution in [0.4, 0.5) is 0 Å². The van der Waals surface area contributed by atoms with Crippen LogP contribution in [0.3, 0.4) is 0 Å². The summed E-state index contributed by atoms with van der Waals surface area (Å²) in [6.07, 6.45) is -0.115. The molecule has 0 spiro atoms. The fraction of sp³-hybridized carbons (Fsp3) is 0.273. The molecule has 1 amide bonds. The Hall–Kier alpha value is -0.430. The van der Waals surface area contributed by atoms with E-state index < -0.39 is 11.9 Å². The molecule has 21 heavy (non-hydrogen) atoms. The summed E-state index contributed by atoms with van der Waals surface area (Å²) in [6.45, 7) is -0.117. The van der Waals surface area contributed by atoms with Crippen LogP contribution in [-0.2, 0) is 9.59 Å². The van der Waals surface area contributed by atoms with Gasteiger partial charge in [0.1, 0.15) is 10.0 Å². The second-order valence-corrected chi connectivity index (χ2v) is 5.57. The highest BCUT2D eigenvalue weighted by atomic mass is 35.5. The van der Waals surface area contributed by atoms with E-state index in [4.69, 9.17) is 68.5 Å². The number of amides is 1. The van der Waals surface area contributed by atoms with E-state index in [2.05, 4.69) is 5.32 Å². The van der Waals surface area contributed by atoms with Crippen LogP contribution in [0.1, 0.15) is 6.42 Å². The quantitative estimate of drug-likeness (QED) is 0.347. The molecule has 1 rings (SSSR count). The minimum atomic E-state index is -0.689. The lowest BCUT2D eigenvalue weighted by atomic mass is 10.3. The fourth-order valence-electron chi connectivity index (χ4n) is 1.22. The number of halogens is 5. The molecule has 0 bridgehead atoms. The number of hydrogen-bond acceptors (Lipinski definition) is 4. The van der Waals surface area contributed by atoms with Gasteiger partial charge >= 0.3 is 5.97 Å². The summed E-state index contributed by atoms with van der Waals surface area (Å²) in [5.41, 5.74) is 5.09. The van der Waals surface area contributed by atoms with E-state index in [0.717, 1.165) is 0 Å². The van der Waals surface area contributed by atoms with Crippen LogP contribution in [0.15, 0.2) is 0 Å². The van der Waals surface area contributed by atoms with Crippen molar-refractivity contribution >= 4 is 69.9 Å². The van der Waals surface area contributed by atoms with E-state index >= 15 is 0 Å². The Balaban J connectivity index is 2.80. The molecule has 0 saturated heterocycles. The Morgan fingerprint density at radius 1 is 0.952 bits per heavy atom. The second-order valence-electron chi connectivity index (χ2n) is 3.68. The summed E-state index contributed by atoms with van der Waals surface area (Å²) < 4.78 is 5.00. The van der Waals surface area contributed by atoms with Crippen molar-refractivity contribution in [3.63, 3.8) is 0 Å². The minimum absolute atomic E-state index is 0.0386. The van der Waals surface area contributed by atoms with Crippen molar-refractivity contribution in [1.82, 2.24) is 5.32 Å². The van der Waals surface area contributed by atoms with E-state index in [0.29, 0.717) is 0 Å². The molecule has 0 radical (unpaired) electrons. The molecule has 0 atom stereocenters. The van der Waals surface area contributed by atoms with Crippen LogP contribution in [-0.4, -0.2) is 25.0 Å². The van der Waals surface area contributed by atoms with Crippen LogP contribution >= 0.6 is 58.0 Å². The van der Waals surface area contributed by atoms with Crippen molar-refractivity contribution in [3.05, 3.63) is 25.1 Å².